The van der Waals surface area contributed by atoms with Crippen LogP contribution in [0.3, 0.4) is 0 Å². The average molecular weight is 479 g/mol. The van der Waals surface area contributed by atoms with Crippen molar-refractivity contribution in [2.45, 2.75) is 51.2 Å². The number of nitrogens with two attached hydrogens (primary N) is 1. The molecule has 1 aliphatic heterocycles. The van der Waals surface area contributed by atoms with E-state index in [1.54, 1.807) is 4.90 Å². The predicted molar refractivity (Wildman–Crippen MR) is 132 cm³/mol. The Balaban J connectivity index is 1.27. The summed E-state index contributed by atoms with van der Waals surface area (Å²) in [6.07, 6.45) is 4.31. The van der Waals surface area contributed by atoms with Gasteiger partial charge in [-0.3, -0.25) is 4.79 Å². The number of hydrogen-bond acceptors (Lipinski definition) is 7. The molecule has 176 valence electrons. The Morgan fingerprint density at radius 3 is 2.76 bits per heavy atom. The lowest BCUT2D eigenvalue weighted by Gasteiger charge is -2.19. The van der Waals surface area contributed by atoms with Gasteiger partial charge in [0, 0.05) is 35.3 Å². The maximum Gasteiger partial charge on any atom is 0.228 e. The zero-order chi connectivity index (χ0) is 23.7. The lowest BCUT2D eigenvalue weighted by Crippen LogP contribution is -2.26. The topological polar surface area (TPSA) is 106 Å². The minimum Gasteiger partial charge on any atom is -0.486 e. The van der Waals surface area contributed by atoms with E-state index >= 15 is 0 Å². The van der Waals surface area contributed by atoms with Crippen LogP contribution in [0.25, 0.3) is 0 Å². The van der Waals surface area contributed by atoms with Crippen LogP contribution in [0.2, 0.25) is 5.02 Å². The number of halogens is 1. The number of hydrogen-bond donors (Lipinski definition) is 2. The number of aromatic nitrogens is 3. The summed E-state index contributed by atoms with van der Waals surface area (Å²) in [5, 5.41) is 4.18. The Morgan fingerprint density at radius 1 is 1.18 bits per heavy atom. The SMILES string of the molecule is Cc1cc(OCc2nc(N)nc(NC3(Cc4cccc(Cl)c4)CC3)n2)cc(N2CCCC2=O)c1. The van der Waals surface area contributed by atoms with Crippen LogP contribution in [-0.4, -0.2) is 32.9 Å². The number of carbonyl (C=O) groups is 1. The largest absolute Gasteiger partial charge is 0.486 e. The van der Waals surface area contributed by atoms with Crippen molar-refractivity contribution in [3.8, 4) is 5.75 Å². The van der Waals surface area contributed by atoms with Crippen LogP contribution < -0.4 is 20.7 Å². The summed E-state index contributed by atoms with van der Waals surface area (Å²) in [6, 6.07) is 13.7. The quantitative estimate of drug-likeness (QED) is 0.496. The fourth-order valence-corrected chi connectivity index (χ4v) is 4.58. The van der Waals surface area contributed by atoms with Gasteiger partial charge in [0.2, 0.25) is 17.8 Å². The molecular formula is C25H27ClN6O2. The van der Waals surface area contributed by atoms with Crippen LogP contribution in [-0.2, 0) is 17.8 Å². The summed E-state index contributed by atoms with van der Waals surface area (Å²) in [5.74, 6) is 1.82. The van der Waals surface area contributed by atoms with Crippen LogP contribution in [0, 0.1) is 6.92 Å². The number of aryl methyl sites for hydroxylation is 1. The maximum absolute atomic E-state index is 12.1. The standard InChI is InChI=1S/C25H27ClN6O2/c1-16-10-19(32-9-3-6-22(32)33)13-20(11-16)34-15-21-28-23(27)30-24(29-21)31-25(7-8-25)14-17-4-2-5-18(26)12-17/h2,4-5,10-13H,3,6-9,14-15H2,1H3,(H3,27,28,29,30,31). The van der Waals surface area contributed by atoms with E-state index in [9.17, 15) is 4.79 Å². The second-order valence-electron chi connectivity index (χ2n) is 9.09. The molecule has 2 heterocycles. The van der Waals surface area contributed by atoms with Crippen molar-refractivity contribution < 1.29 is 9.53 Å². The van der Waals surface area contributed by atoms with Crippen LogP contribution in [0.15, 0.2) is 42.5 Å². The third-order valence-electron chi connectivity index (χ3n) is 6.15. The molecule has 5 rings (SSSR count). The molecule has 0 bridgehead atoms. The van der Waals surface area contributed by atoms with E-state index in [2.05, 4.69) is 26.3 Å². The molecule has 9 heteroatoms. The van der Waals surface area contributed by atoms with E-state index in [4.69, 9.17) is 22.1 Å². The normalized spacial score (nSPS) is 16.5. The van der Waals surface area contributed by atoms with Crippen LogP contribution in [0.4, 0.5) is 17.6 Å². The molecule has 1 saturated carbocycles. The fraction of sp³-hybridized carbons (Fsp3) is 0.360. The highest BCUT2D eigenvalue weighted by molar-refractivity contribution is 6.30. The molecular weight excluding hydrogens is 452 g/mol. The van der Waals surface area contributed by atoms with Gasteiger partial charge in [0.25, 0.3) is 0 Å². The smallest absolute Gasteiger partial charge is 0.228 e. The number of benzene rings is 2. The Morgan fingerprint density at radius 2 is 2.03 bits per heavy atom. The van der Waals surface area contributed by atoms with Gasteiger partial charge in [-0.15, -0.1) is 0 Å². The third-order valence-corrected chi connectivity index (χ3v) is 6.38. The van der Waals surface area contributed by atoms with Crippen LogP contribution in [0.5, 0.6) is 5.75 Å². The van der Waals surface area contributed by atoms with E-state index in [-0.39, 0.29) is 24.0 Å². The minimum atomic E-state index is -0.107. The predicted octanol–water partition coefficient (Wildman–Crippen LogP) is 4.31. The first-order valence-electron chi connectivity index (χ1n) is 11.5. The molecule has 3 N–H and O–H groups in total. The Bertz CT molecular complexity index is 1230. The lowest BCUT2D eigenvalue weighted by molar-refractivity contribution is -0.117. The Labute approximate surface area is 203 Å². The van der Waals surface area contributed by atoms with E-state index in [1.165, 1.54) is 0 Å². The highest BCUT2D eigenvalue weighted by atomic mass is 35.5. The van der Waals surface area contributed by atoms with Gasteiger partial charge in [0.05, 0.1) is 0 Å². The van der Waals surface area contributed by atoms with Crippen molar-refractivity contribution in [2.75, 3.05) is 22.5 Å². The highest BCUT2D eigenvalue weighted by Crippen LogP contribution is 2.41. The van der Waals surface area contributed by atoms with Crippen LogP contribution in [0.1, 0.15) is 42.6 Å². The summed E-state index contributed by atoms with van der Waals surface area (Å²) in [7, 11) is 0. The molecule has 2 aliphatic rings. The summed E-state index contributed by atoms with van der Waals surface area (Å²) in [5.41, 5.74) is 8.89. The second kappa shape index (κ2) is 9.10. The van der Waals surface area contributed by atoms with E-state index in [1.807, 2.05) is 43.3 Å². The van der Waals surface area contributed by atoms with Crippen molar-refractivity contribution in [1.29, 1.82) is 0 Å². The molecule has 1 saturated heterocycles. The molecule has 3 aromatic rings. The lowest BCUT2D eigenvalue weighted by atomic mass is 10.0. The number of nitrogens with zero attached hydrogens (tertiary/aromatic N) is 4. The molecule has 0 radical (unpaired) electrons. The number of anilines is 3. The highest BCUT2D eigenvalue weighted by Gasteiger charge is 2.43. The molecule has 2 fully saturated rings. The summed E-state index contributed by atoms with van der Waals surface area (Å²) >= 11 is 6.14. The molecule has 2 aromatic carbocycles. The van der Waals surface area contributed by atoms with Crippen LogP contribution >= 0.6 is 11.6 Å². The van der Waals surface area contributed by atoms with Crippen molar-refractivity contribution in [3.05, 3.63) is 64.4 Å². The zero-order valence-corrected chi connectivity index (χ0v) is 19.8. The number of ether oxygens (including phenoxy) is 1. The van der Waals surface area contributed by atoms with Gasteiger partial charge >= 0.3 is 0 Å². The van der Waals surface area contributed by atoms with E-state index < -0.39 is 0 Å². The molecule has 0 unspecified atom stereocenters. The first-order valence-corrected chi connectivity index (χ1v) is 11.8. The summed E-state index contributed by atoms with van der Waals surface area (Å²) in [4.78, 5) is 27.0. The van der Waals surface area contributed by atoms with Crippen molar-refractivity contribution in [3.63, 3.8) is 0 Å². The van der Waals surface area contributed by atoms with E-state index in [0.717, 1.165) is 54.1 Å². The first-order chi connectivity index (χ1) is 16.4. The number of carbonyl (C=O) groups excluding carboxylic acids is 1. The van der Waals surface area contributed by atoms with Crippen molar-refractivity contribution in [1.82, 2.24) is 15.0 Å². The van der Waals surface area contributed by atoms with Gasteiger partial charge in [-0.05, 0) is 68.0 Å². The van der Waals surface area contributed by atoms with Gasteiger partial charge in [-0.25, -0.2) is 0 Å². The monoisotopic (exact) mass is 478 g/mol. The number of nitrogens with one attached hydrogen (secondary N) is 1. The van der Waals surface area contributed by atoms with E-state index in [0.29, 0.717) is 23.9 Å². The van der Waals surface area contributed by atoms with Gasteiger partial charge in [0.15, 0.2) is 5.82 Å². The summed E-state index contributed by atoms with van der Waals surface area (Å²) in [6.45, 7) is 2.85. The molecule has 1 amide bonds. The molecule has 8 nitrogen and oxygen atoms in total. The molecule has 0 atom stereocenters. The number of rotatable bonds is 8. The molecule has 1 aromatic heterocycles. The number of nitrogen functional groups attached to an aromatic ring is 1. The van der Waals surface area contributed by atoms with Gasteiger partial charge in [-0.2, -0.15) is 15.0 Å². The Kier molecular flexibility index (Phi) is 6.00. The zero-order valence-electron chi connectivity index (χ0n) is 19.1. The van der Waals surface area contributed by atoms with Gasteiger partial charge < -0.3 is 20.7 Å². The molecule has 34 heavy (non-hydrogen) atoms. The van der Waals surface area contributed by atoms with Gasteiger partial charge in [0.1, 0.15) is 12.4 Å². The molecule has 0 spiro atoms. The first kappa shape index (κ1) is 22.4. The van der Waals surface area contributed by atoms with Gasteiger partial charge in [-0.1, -0.05) is 23.7 Å². The third kappa shape index (κ3) is 5.22. The fourth-order valence-electron chi connectivity index (χ4n) is 4.37. The average Bonchev–Trinajstić information content (AvgIpc) is 3.38. The minimum absolute atomic E-state index is 0.107. The summed E-state index contributed by atoms with van der Waals surface area (Å²) < 4.78 is 5.98. The maximum atomic E-state index is 12.1. The van der Waals surface area contributed by atoms with Crippen molar-refractivity contribution >= 4 is 35.1 Å². The number of amides is 1. The van der Waals surface area contributed by atoms with Crippen molar-refractivity contribution in [2.24, 2.45) is 0 Å². The molecule has 1 aliphatic carbocycles. The Hall–Kier alpha value is -3.39. The second-order valence-corrected chi connectivity index (χ2v) is 9.52.